The first-order valence-electron chi connectivity index (χ1n) is 10.0. The summed E-state index contributed by atoms with van der Waals surface area (Å²) in [6, 6.07) is 7.09. The molecule has 0 aliphatic carbocycles. The number of carbonyl (C=O) groups excluding carboxylic acids is 1. The fourth-order valence-corrected chi connectivity index (χ4v) is 4.38. The molecule has 2 aliphatic heterocycles. The van der Waals surface area contributed by atoms with Crippen molar-refractivity contribution in [1.82, 2.24) is 14.8 Å². The molecule has 2 aliphatic rings. The van der Waals surface area contributed by atoms with Gasteiger partial charge in [0.15, 0.2) is 0 Å². The molecule has 0 saturated carbocycles. The molecule has 1 N–H and O–H groups in total. The second-order valence-corrected chi connectivity index (χ2v) is 7.65. The predicted octanol–water partition coefficient (Wildman–Crippen LogP) is 1.24. The number of piperazine rings is 1. The maximum Gasteiger partial charge on any atom is 0.357 e. The van der Waals surface area contributed by atoms with E-state index in [1.54, 1.807) is 19.2 Å². The molecule has 2 fully saturated rings. The zero-order valence-electron chi connectivity index (χ0n) is 16.5. The Balaban J connectivity index is 1.64. The van der Waals surface area contributed by atoms with Crippen molar-refractivity contribution < 1.29 is 9.72 Å². The first-order chi connectivity index (χ1) is 14.0. The average Bonchev–Trinajstić information content (AvgIpc) is 2.76. The number of carbonyl (C=O) groups is 1. The van der Waals surface area contributed by atoms with Gasteiger partial charge in [0.25, 0.3) is 0 Å². The van der Waals surface area contributed by atoms with Crippen LogP contribution in [0.5, 0.6) is 0 Å². The minimum atomic E-state index is -0.617. The van der Waals surface area contributed by atoms with E-state index in [0.29, 0.717) is 42.8 Å². The Labute approximate surface area is 168 Å². The van der Waals surface area contributed by atoms with Crippen molar-refractivity contribution in [2.75, 3.05) is 37.6 Å². The topological polar surface area (TPSA) is 101 Å². The Morgan fingerprint density at radius 3 is 2.55 bits per heavy atom. The SMILES string of the molecule is Cn1c(=O)c([N+](=O)[O-])c(N2CCN(C(=O)C3CCCCN3)CC2)c2ccccc21. The molecule has 2 saturated heterocycles. The number of pyridine rings is 1. The third-order valence-corrected chi connectivity index (χ3v) is 5.95. The summed E-state index contributed by atoms with van der Waals surface area (Å²) in [4.78, 5) is 40.3. The second kappa shape index (κ2) is 7.82. The van der Waals surface area contributed by atoms with Crippen molar-refractivity contribution in [3.8, 4) is 0 Å². The number of nitro groups is 1. The van der Waals surface area contributed by atoms with Gasteiger partial charge in [0, 0.05) is 38.6 Å². The average molecular weight is 399 g/mol. The Bertz CT molecular complexity index is 1000. The van der Waals surface area contributed by atoms with Gasteiger partial charge >= 0.3 is 11.2 Å². The highest BCUT2D eigenvalue weighted by molar-refractivity contribution is 5.96. The molecule has 0 bridgehead atoms. The molecule has 9 nitrogen and oxygen atoms in total. The number of para-hydroxylation sites is 1. The van der Waals surface area contributed by atoms with Crippen LogP contribution >= 0.6 is 0 Å². The van der Waals surface area contributed by atoms with Crippen molar-refractivity contribution in [1.29, 1.82) is 0 Å². The van der Waals surface area contributed by atoms with Gasteiger partial charge in [-0.2, -0.15) is 0 Å². The summed E-state index contributed by atoms with van der Waals surface area (Å²) in [7, 11) is 1.55. The van der Waals surface area contributed by atoms with E-state index < -0.39 is 16.2 Å². The number of hydrogen-bond acceptors (Lipinski definition) is 6. The van der Waals surface area contributed by atoms with Crippen LogP contribution in [0.3, 0.4) is 0 Å². The van der Waals surface area contributed by atoms with Gasteiger partial charge in [0.1, 0.15) is 5.69 Å². The molecule has 1 atom stereocenters. The number of nitrogens with one attached hydrogen (secondary N) is 1. The van der Waals surface area contributed by atoms with E-state index >= 15 is 0 Å². The second-order valence-electron chi connectivity index (χ2n) is 7.65. The summed E-state index contributed by atoms with van der Waals surface area (Å²) in [6.07, 6.45) is 3.00. The van der Waals surface area contributed by atoms with Crippen LogP contribution in [0, 0.1) is 10.1 Å². The lowest BCUT2D eigenvalue weighted by molar-refractivity contribution is -0.385. The monoisotopic (exact) mass is 399 g/mol. The number of rotatable bonds is 3. The maximum absolute atomic E-state index is 12.8. The number of benzene rings is 1. The molecule has 1 aromatic heterocycles. The van der Waals surface area contributed by atoms with Crippen LogP contribution in [0.1, 0.15) is 19.3 Å². The van der Waals surface area contributed by atoms with Crippen LogP contribution < -0.4 is 15.8 Å². The smallest absolute Gasteiger partial charge is 0.357 e. The standard InChI is InChI=1S/C20H25N5O4/c1-22-16-8-3-2-6-14(16)17(18(20(22)27)25(28)29)23-10-12-24(13-11-23)19(26)15-7-4-5-9-21-15/h2-3,6,8,15,21H,4-5,7,9-13H2,1H3. The summed E-state index contributed by atoms with van der Waals surface area (Å²) < 4.78 is 1.32. The first-order valence-corrected chi connectivity index (χ1v) is 10.0. The van der Waals surface area contributed by atoms with Gasteiger partial charge in [-0.3, -0.25) is 19.7 Å². The van der Waals surface area contributed by atoms with Crippen LogP contribution in [0.2, 0.25) is 0 Å². The van der Waals surface area contributed by atoms with Crippen LogP contribution in [0.15, 0.2) is 29.1 Å². The zero-order valence-corrected chi connectivity index (χ0v) is 16.5. The molecule has 4 rings (SSSR count). The summed E-state index contributed by atoms with van der Waals surface area (Å²) in [5.41, 5.74) is -0.00635. The molecule has 1 unspecified atom stereocenters. The fraction of sp³-hybridized carbons (Fsp3) is 0.500. The molecule has 154 valence electrons. The molecule has 1 aromatic carbocycles. The summed E-state index contributed by atoms with van der Waals surface area (Å²) in [5, 5.41) is 15.7. The number of anilines is 1. The third kappa shape index (κ3) is 3.46. The van der Waals surface area contributed by atoms with Gasteiger partial charge in [-0.05, 0) is 25.5 Å². The first kappa shape index (κ1) is 19.4. The van der Waals surface area contributed by atoms with E-state index in [-0.39, 0.29) is 11.9 Å². The fourth-order valence-electron chi connectivity index (χ4n) is 4.38. The number of hydrogen-bond donors (Lipinski definition) is 1. The lowest BCUT2D eigenvalue weighted by Crippen LogP contribution is -2.55. The lowest BCUT2D eigenvalue weighted by Gasteiger charge is -2.38. The molecular formula is C20H25N5O4. The Morgan fingerprint density at radius 1 is 1.17 bits per heavy atom. The highest BCUT2D eigenvalue weighted by atomic mass is 16.6. The van der Waals surface area contributed by atoms with E-state index in [1.807, 2.05) is 21.9 Å². The summed E-state index contributed by atoms with van der Waals surface area (Å²) >= 11 is 0. The Morgan fingerprint density at radius 2 is 1.90 bits per heavy atom. The van der Waals surface area contributed by atoms with Crippen LogP contribution in [-0.4, -0.2) is 59.1 Å². The van der Waals surface area contributed by atoms with Crippen LogP contribution in [0.4, 0.5) is 11.4 Å². The molecule has 2 aromatic rings. The minimum absolute atomic E-state index is 0.104. The molecular weight excluding hydrogens is 374 g/mol. The highest BCUT2D eigenvalue weighted by Crippen LogP contribution is 2.33. The van der Waals surface area contributed by atoms with Gasteiger partial charge in [-0.1, -0.05) is 24.6 Å². The molecule has 0 spiro atoms. The lowest BCUT2D eigenvalue weighted by atomic mass is 10.0. The largest absolute Gasteiger partial charge is 0.362 e. The minimum Gasteiger partial charge on any atom is -0.362 e. The molecule has 29 heavy (non-hydrogen) atoms. The Hall–Kier alpha value is -2.94. The van der Waals surface area contributed by atoms with Crippen molar-refractivity contribution >= 4 is 28.2 Å². The molecule has 9 heteroatoms. The van der Waals surface area contributed by atoms with E-state index in [2.05, 4.69) is 5.32 Å². The summed E-state index contributed by atoms with van der Waals surface area (Å²) in [5.74, 6) is 0.104. The molecule has 3 heterocycles. The molecule has 0 radical (unpaired) electrons. The normalized spacial score (nSPS) is 20.1. The zero-order chi connectivity index (χ0) is 20.5. The molecule has 1 amide bonds. The predicted molar refractivity (Wildman–Crippen MR) is 110 cm³/mol. The quantitative estimate of drug-likeness (QED) is 0.616. The number of aryl methyl sites for hydroxylation is 1. The van der Waals surface area contributed by atoms with Gasteiger partial charge < -0.3 is 19.7 Å². The van der Waals surface area contributed by atoms with E-state index in [9.17, 15) is 19.7 Å². The van der Waals surface area contributed by atoms with E-state index in [4.69, 9.17) is 0 Å². The number of nitrogens with zero attached hydrogens (tertiary/aromatic N) is 4. The summed E-state index contributed by atoms with van der Waals surface area (Å²) in [6.45, 7) is 2.74. The number of amides is 1. The van der Waals surface area contributed by atoms with Gasteiger partial charge in [-0.25, -0.2) is 0 Å². The van der Waals surface area contributed by atoms with Gasteiger partial charge in [0.2, 0.25) is 5.91 Å². The van der Waals surface area contributed by atoms with Gasteiger partial charge in [0.05, 0.1) is 16.5 Å². The highest BCUT2D eigenvalue weighted by Gasteiger charge is 2.33. The van der Waals surface area contributed by atoms with Crippen molar-refractivity contribution in [3.05, 3.63) is 44.7 Å². The van der Waals surface area contributed by atoms with E-state index in [0.717, 1.165) is 25.8 Å². The van der Waals surface area contributed by atoms with Crippen molar-refractivity contribution in [3.63, 3.8) is 0 Å². The maximum atomic E-state index is 12.8. The van der Waals surface area contributed by atoms with E-state index in [1.165, 1.54) is 4.57 Å². The van der Waals surface area contributed by atoms with Gasteiger partial charge in [-0.15, -0.1) is 0 Å². The number of piperidine rings is 1. The van der Waals surface area contributed by atoms with Crippen molar-refractivity contribution in [2.24, 2.45) is 7.05 Å². The Kier molecular flexibility index (Phi) is 5.23. The van der Waals surface area contributed by atoms with Crippen LogP contribution in [-0.2, 0) is 11.8 Å². The number of fused-ring (bicyclic) bond motifs is 1. The van der Waals surface area contributed by atoms with Crippen molar-refractivity contribution in [2.45, 2.75) is 25.3 Å². The number of aromatic nitrogens is 1. The third-order valence-electron chi connectivity index (χ3n) is 5.95. The van der Waals surface area contributed by atoms with Crippen LogP contribution in [0.25, 0.3) is 10.9 Å².